The van der Waals surface area contributed by atoms with Crippen molar-refractivity contribution in [2.45, 2.75) is 51.7 Å². The van der Waals surface area contributed by atoms with Crippen LogP contribution in [-0.4, -0.2) is 24.9 Å². The Morgan fingerprint density at radius 2 is 2.38 bits per heavy atom. The van der Waals surface area contributed by atoms with Gasteiger partial charge in [-0.15, -0.1) is 0 Å². The Hall–Kier alpha value is -0.580. The van der Waals surface area contributed by atoms with E-state index >= 15 is 0 Å². The maximum atomic E-state index is 5.85. The highest BCUT2D eigenvalue weighted by Crippen LogP contribution is 2.28. The highest BCUT2D eigenvalue weighted by Gasteiger charge is 2.35. The molecule has 2 unspecified atom stereocenters. The van der Waals surface area contributed by atoms with Crippen LogP contribution in [0, 0.1) is 0 Å². The minimum absolute atomic E-state index is 0.0257. The second kappa shape index (κ2) is 6.23. The number of nitrogens with two attached hydrogens (primary N) is 1. The molecule has 0 saturated heterocycles. The van der Waals surface area contributed by atoms with Crippen molar-refractivity contribution in [3.05, 3.63) is 11.8 Å². The number of hydrazine groups is 1. The molecule has 0 fully saturated rings. The predicted molar refractivity (Wildman–Crippen MR) is 64.7 cm³/mol. The largest absolute Gasteiger partial charge is 0.501 e. The molecule has 0 bridgehead atoms. The summed E-state index contributed by atoms with van der Waals surface area (Å²) in [6, 6.07) is 0.0257. The molecular formula is C12H24N2O2. The lowest BCUT2D eigenvalue weighted by Gasteiger charge is -2.38. The van der Waals surface area contributed by atoms with E-state index in [4.69, 9.17) is 15.3 Å². The number of ether oxygens (including phenoxy) is 2. The quantitative estimate of drug-likeness (QED) is 0.537. The first-order valence-corrected chi connectivity index (χ1v) is 6.08. The maximum absolute atomic E-state index is 5.85. The van der Waals surface area contributed by atoms with Crippen LogP contribution in [0.3, 0.4) is 0 Å². The summed E-state index contributed by atoms with van der Waals surface area (Å²) in [7, 11) is 0. The van der Waals surface area contributed by atoms with Gasteiger partial charge in [-0.05, 0) is 38.7 Å². The molecule has 1 heterocycles. The highest BCUT2D eigenvalue weighted by molar-refractivity contribution is 5.15. The van der Waals surface area contributed by atoms with Crippen LogP contribution in [0.25, 0.3) is 0 Å². The first kappa shape index (κ1) is 13.5. The molecule has 0 amide bonds. The SMILES string of the molecule is CCOC(C)(CC)C(NN)C1=COCCC1. The summed E-state index contributed by atoms with van der Waals surface area (Å²) in [5.41, 5.74) is 3.81. The van der Waals surface area contributed by atoms with Gasteiger partial charge in [0.05, 0.1) is 24.5 Å². The Morgan fingerprint density at radius 3 is 2.81 bits per heavy atom. The van der Waals surface area contributed by atoms with Gasteiger partial charge in [-0.25, -0.2) is 0 Å². The molecule has 0 aromatic heterocycles. The normalized spacial score (nSPS) is 21.9. The zero-order chi connectivity index (χ0) is 12.0. The second-order valence-electron chi connectivity index (χ2n) is 4.37. The minimum atomic E-state index is -0.268. The molecule has 0 spiro atoms. The fraction of sp³-hybridized carbons (Fsp3) is 0.833. The Bertz CT molecular complexity index is 243. The lowest BCUT2D eigenvalue weighted by atomic mass is 9.86. The van der Waals surface area contributed by atoms with E-state index in [1.807, 2.05) is 13.2 Å². The molecule has 1 aliphatic rings. The third kappa shape index (κ3) is 2.97. The van der Waals surface area contributed by atoms with Crippen LogP contribution < -0.4 is 11.3 Å². The van der Waals surface area contributed by atoms with E-state index in [9.17, 15) is 0 Å². The van der Waals surface area contributed by atoms with Crippen LogP contribution >= 0.6 is 0 Å². The molecule has 16 heavy (non-hydrogen) atoms. The lowest BCUT2D eigenvalue weighted by molar-refractivity contribution is -0.0486. The Balaban J connectivity index is 2.81. The molecule has 3 N–H and O–H groups in total. The van der Waals surface area contributed by atoms with Crippen molar-refractivity contribution < 1.29 is 9.47 Å². The van der Waals surface area contributed by atoms with Gasteiger partial charge in [-0.2, -0.15) is 0 Å². The van der Waals surface area contributed by atoms with Gasteiger partial charge in [0.15, 0.2) is 0 Å². The topological polar surface area (TPSA) is 56.5 Å². The molecule has 1 rings (SSSR count). The fourth-order valence-corrected chi connectivity index (χ4v) is 2.19. The van der Waals surface area contributed by atoms with E-state index in [2.05, 4.69) is 19.3 Å². The molecule has 0 saturated carbocycles. The van der Waals surface area contributed by atoms with E-state index < -0.39 is 0 Å². The smallest absolute Gasteiger partial charge is 0.0876 e. The average molecular weight is 228 g/mol. The summed E-state index contributed by atoms with van der Waals surface area (Å²) in [4.78, 5) is 0. The third-order valence-electron chi connectivity index (χ3n) is 3.29. The molecule has 0 radical (unpaired) electrons. The summed E-state index contributed by atoms with van der Waals surface area (Å²) in [6.07, 6.45) is 4.82. The van der Waals surface area contributed by atoms with E-state index in [0.717, 1.165) is 25.9 Å². The average Bonchev–Trinajstić information content (AvgIpc) is 2.31. The van der Waals surface area contributed by atoms with Crippen molar-refractivity contribution in [3.8, 4) is 0 Å². The first-order chi connectivity index (χ1) is 7.68. The molecule has 0 aliphatic carbocycles. The van der Waals surface area contributed by atoms with Gasteiger partial charge in [-0.3, -0.25) is 11.3 Å². The summed E-state index contributed by atoms with van der Waals surface area (Å²) >= 11 is 0. The molecule has 0 aromatic rings. The van der Waals surface area contributed by atoms with Gasteiger partial charge < -0.3 is 9.47 Å². The summed E-state index contributed by atoms with van der Waals surface area (Å²) in [5.74, 6) is 5.67. The number of hydrogen-bond donors (Lipinski definition) is 2. The number of nitrogens with one attached hydrogen (secondary N) is 1. The van der Waals surface area contributed by atoms with Crippen molar-refractivity contribution in [1.29, 1.82) is 0 Å². The predicted octanol–water partition coefficient (Wildman–Crippen LogP) is 1.72. The van der Waals surface area contributed by atoms with Crippen molar-refractivity contribution >= 4 is 0 Å². The molecule has 0 aromatic carbocycles. The standard InChI is InChI=1S/C12H24N2O2/c1-4-12(3,16-5-2)11(14-13)10-7-6-8-15-9-10/h9,11,14H,4-8,13H2,1-3H3. The molecule has 4 nitrogen and oxygen atoms in total. The molecule has 1 aliphatic heterocycles. The second-order valence-corrected chi connectivity index (χ2v) is 4.37. The summed E-state index contributed by atoms with van der Waals surface area (Å²) < 4.78 is 11.2. The lowest BCUT2D eigenvalue weighted by Crippen LogP contribution is -2.54. The van der Waals surface area contributed by atoms with Gasteiger partial charge in [-0.1, -0.05) is 6.92 Å². The fourth-order valence-electron chi connectivity index (χ4n) is 2.19. The Labute approximate surface area is 98.1 Å². The first-order valence-electron chi connectivity index (χ1n) is 6.08. The maximum Gasteiger partial charge on any atom is 0.0876 e. The van der Waals surface area contributed by atoms with Crippen molar-refractivity contribution in [3.63, 3.8) is 0 Å². The number of rotatable bonds is 6. The van der Waals surface area contributed by atoms with Crippen LogP contribution in [0.15, 0.2) is 11.8 Å². The molecule has 94 valence electrons. The van der Waals surface area contributed by atoms with E-state index in [-0.39, 0.29) is 11.6 Å². The zero-order valence-corrected chi connectivity index (χ0v) is 10.6. The van der Waals surface area contributed by atoms with Gasteiger partial charge in [0, 0.05) is 6.61 Å². The van der Waals surface area contributed by atoms with Gasteiger partial charge in [0.1, 0.15) is 0 Å². The van der Waals surface area contributed by atoms with E-state index in [1.165, 1.54) is 5.57 Å². The van der Waals surface area contributed by atoms with Gasteiger partial charge in [0.25, 0.3) is 0 Å². The minimum Gasteiger partial charge on any atom is -0.501 e. The van der Waals surface area contributed by atoms with E-state index in [1.54, 1.807) is 0 Å². The third-order valence-corrected chi connectivity index (χ3v) is 3.29. The van der Waals surface area contributed by atoms with Crippen molar-refractivity contribution in [2.24, 2.45) is 5.84 Å². The molecule has 2 atom stereocenters. The summed E-state index contributed by atoms with van der Waals surface area (Å²) in [6.45, 7) is 7.71. The monoisotopic (exact) mass is 228 g/mol. The Morgan fingerprint density at radius 1 is 1.62 bits per heavy atom. The van der Waals surface area contributed by atoms with Crippen molar-refractivity contribution in [1.82, 2.24) is 5.43 Å². The van der Waals surface area contributed by atoms with Crippen LogP contribution in [0.1, 0.15) is 40.0 Å². The molecular weight excluding hydrogens is 204 g/mol. The van der Waals surface area contributed by atoms with Crippen LogP contribution in [0.4, 0.5) is 0 Å². The summed E-state index contributed by atoms with van der Waals surface area (Å²) in [5, 5.41) is 0. The van der Waals surface area contributed by atoms with E-state index in [0.29, 0.717) is 6.61 Å². The van der Waals surface area contributed by atoms with Crippen molar-refractivity contribution in [2.75, 3.05) is 13.2 Å². The highest BCUT2D eigenvalue weighted by atomic mass is 16.5. The van der Waals surface area contributed by atoms with Gasteiger partial charge >= 0.3 is 0 Å². The zero-order valence-electron chi connectivity index (χ0n) is 10.6. The van der Waals surface area contributed by atoms with Crippen LogP contribution in [0.5, 0.6) is 0 Å². The molecule has 4 heteroatoms. The van der Waals surface area contributed by atoms with Crippen LogP contribution in [-0.2, 0) is 9.47 Å². The van der Waals surface area contributed by atoms with Gasteiger partial charge in [0.2, 0.25) is 0 Å². The Kier molecular flexibility index (Phi) is 5.25. The van der Waals surface area contributed by atoms with Crippen LogP contribution in [0.2, 0.25) is 0 Å². The number of hydrogen-bond acceptors (Lipinski definition) is 4.